The van der Waals surface area contributed by atoms with E-state index in [1.807, 2.05) is 24.3 Å². The minimum Gasteiger partial charge on any atom is -0.478 e. The molecule has 176 valence electrons. The van der Waals surface area contributed by atoms with E-state index in [1.165, 1.54) is 0 Å². The second-order valence-electron chi connectivity index (χ2n) is 8.24. The summed E-state index contributed by atoms with van der Waals surface area (Å²) in [7, 11) is 0. The number of ether oxygens (including phenoxy) is 1. The highest BCUT2D eigenvalue weighted by molar-refractivity contribution is 7.11. The van der Waals surface area contributed by atoms with Gasteiger partial charge in [0.05, 0.1) is 5.69 Å². The maximum atomic E-state index is 12.4. The summed E-state index contributed by atoms with van der Waals surface area (Å²) in [5, 5.41) is 14.8. The fraction of sp³-hybridized carbons (Fsp3) is 0.280. The molecule has 1 atom stereocenters. The molecule has 0 saturated carbocycles. The van der Waals surface area contributed by atoms with E-state index in [0.29, 0.717) is 12.1 Å². The zero-order valence-corrected chi connectivity index (χ0v) is 19.6. The molecule has 1 aromatic heterocycles. The Morgan fingerprint density at radius 1 is 1.09 bits per heavy atom. The maximum Gasteiger partial charge on any atom is 0.407 e. The molecule has 1 aliphatic rings. The molecular weight excluding hydrogens is 454 g/mol. The van der Waals surface area contributed by atoms with Crippen molar-refractivity contribution < 1.29 is 24.2 Å². The van der Waals surface area contributed by atoms with E-state index in [4.69, 9.17) is 4.74 Å². The molecule has 0 fully saturated rings. The van der Waals surface area contributed by atoms with Crippen molar-refractivity contribution in [2.45, 2.75) is 38.6 Å². The van der Waals surface area contributed by atoms with Crippen LogP contribution in [0.4, 0.5) is 9.80 Å². The number of amides is 2. The smallest absolute Gasteiger partial charge is 0.407 e. The molecule has 9 heteroatoms. The third-order valence-electron chi connectivity index (χ3n) is 5.84. The van der Waals surface area contributed by atoms with E-state index in [1.54, 1.807) is 13.8 Å². The van der Waals surface area contributed by atoms with Crippen LogP contribution in [0.15, 0.2) is 48.5 Å². The van der Waals surface area contributed by atoms with E-state index in [0.717, 1.165) is 33.8 Å². The van der Waals surface area contributed by atoms with Gasteiger partial charge in [0.2, 0.25) is 5.91 Å². The predicted molar refractivity (Wildman–Crippen MR) is 129 cm³/mol. The predicted octanol–water partition coefficient (Wildman–Crippen LogP) is 4.80. The molecule has 8 nitrogen and oxygen atoms in total. The molecule has 1 aliphatic carbocycles. The number of hydrogen-bond donors (Lipinski definition) is 3. The van der Waals surface area contributed by atoms with Gasteiger partial charge in [-0.15, -0.1) is 0 Å². The molecule has 0 saturated heterocycles. The van der Waals surface area contributed by atoms with Gasteiger partial charge >= 0.3 is 12.1 Å². The molecule has 2 aromatic carbocycles. The number of aryl methyl sites for hydroxylation is 1. The van der Waals surface area contributed by atoms with E-state index < -0.39 is 12.1 Å². The van der Waals surface area contributed by atoms with E-state index in [2.05, 4.69) is 39.3 Å². The third-order valence-corrected chi connectivity index (χ3v) is 6.70. The van der Waals surface area contributed by atoms with Gasteiger partial charge in [0, 0.05) is 18.4 Å². The first-order chi connectivity index (χ1) is 16.3. The molecule has 0 radical (unpaired) electrons. The van der Waals surface area contributed by atoms with Crippen molar-refractivity contribution in [1.82, 2.24) is 9.69 Å². The van der Waals surface area contributed by atoms with Gasteiger partial charge in [-0.1, -0.05) is 48.5 Å². The Morgan fingerprint density at radius 2 is 1.71 bits per heavy atom. The van der Waals surface area contributed by atoms with Crippen molar-refractivity contribution in [3.8, 4) is 11.1 Å². The number of carboxylic acid groups (broad SMARTS) is 1. The Labute approximate surface area is 201 Å². The second-order valence-corrected chi connectivity index (χ2v) is 9.01. The quantitative estimate of drug-likeness (QED) is 0.427. The average molecular weight is 480 g/mol. The standard InChI is InChI=1S/C25H25N3O5S/c1-14(11-12-21(29)27-23-22(24(30)31)15(2)28-34-23)26-25(32)33-13-20-18-9-5-3-7-16(18)17-8-4-6-10-19(17)20/h3-10,14,20H,11-13H2,1-2H3,(H,26,32)(H,27,29)(H,30,31). The lowest BCUT2D eigenvalue weighted by atomic mass is 9.98. The average Bonchev–Trinajstić information content (AvgIpc) is 3.34. The Hall–Kier alpha value is -3.72. The Morgan fingerprint density at radius 3 is 2.32 bits per heavy atom. The number of benzene rings is 2. The molecule has 3 aromatic rings. The van der Waals surface area contributed by atoms with Gasteiger partial charge in [-0.25, -0.2) is 9.59 Å². The van der Waals surface area contributed by atoms with Gasteiger partial charge < -0.3 is 20.5 Å². The largest absolute Gasteiger partial charge is 0.478 e. The van der Waals surface area contributed by atoms with Gasteiger partial charge in [0.1, 0.15) is 17.2 Å². The third kappa shape index (κ3) is 4.94. The number of carbonyl (C=O) groups excluding carboxylic acids is 2. The number of fused-ring (bicyclic) bond motifs is 3. The normalized spacial score (nSPS) is 13.0. The Bertz CT molecular complexity index is 1190. The first-order valence-electron chi connectivity index (χ1n) is 11.0. The number of alkyl carbamates (subject to hydrolysis) is 1. The highest BCUT2D eigenvalue weighted by Gasteiger charge is 2.29. The molecule has 0 bridgehead atoms. The molecule has 0 aliphatic heterocycles. The Kier molecular flexibility index (Phi) is 6.93. The summed E-state index contributed by atoms with van der Waals surface area (Å²) in [5.74, 6) is -1.50. The number of hydrogen-bond acceptors (Lipinski definition) is 6. The summed E-state index contributed by atoms with van der Waals surface area (Å²) in [6.45, 7) is 3.58. The van der Waals surface area contributed by atoms with Crippen LogP contribution in [0.3, 0.4) is 0 Å². The van der Waals surface area contributed by atoms with Crippen molar-refractivity contribution in [3.05, 3.63) is 70.9 Å². The maximum absolute atomic E-state index is 12.4. The lowest BCUT2D eigenvalue weighted by Crippen LogP contribution is -2.34. The minimum absolute atomic E-state index is 0.00293. The fourth-order valence-corrected chi connectivity index (χ4v) is 4.96. The number of aromatic nitrogens is 1. The summed E-state index contributed by atoms with van der Waals surface area (Å²) < 4.78 is 9.51. The fourth-order valence-electron chi connectivity index (χ4n) is 4.16. The summed E-state index contributed by atoms with van der Waals surface area (Å²) in [6.07, 6.45) is -0.0575. The van der Waals surface area contributed by atoms with E-state index in [-0.39, 0.29) is 41.5 Å². The highest BCUT2D eigenvalue weighted by Crippen LogP contribution is 2.44. The summed E-state index contributed by atoms with van der Waals surface area (Å²) in [4.78, 5) is 36.0. The van der Waals surface area contributed by atoms with Gasteiger partial charge in [0.25, 0.3) is 0 Å². The number of nitrogens with zero attached hydrogens (tertiary/aromatic N) is 1. The van der Waals surface area contributed by atoms with Crippen molar-refractivity contribution in [2.24, 2.45) is 0 Å². The van der Waals surface area contributed by atoms with E-state index in [9.17, 15) is 19.5 Å². The van der Waals surface area contributed by atoms with Crippen LogP contribution in [-0.4, -0.2) is 40.1 Å². The Balaban J connectivity index is 1.26. The molecule has 34 heavy (non-hydrogen) atoms. The van der Waals surface area contributed by atoms with Crippen LogP contribution in [0.25, 0.3) is 11.1 Å². The number of carboxylic acids is 1. The molecule has 2 amide bonds. The molecular formula is C25H25N3O5S. The lowest BCUT2D eigenvalue weighted by molar-refractivity contribution is -0.116. The molecule has 0 spiro atoms. The van der Waals surface area contributed by atoms with Gasteiger partial charge in [-0.05, 0) is 54.1 Å². The van der Waals surface area contributed by atoms with Crippen LogP contribution < -0.4 is 10.6 Å². The number of nitrogens with one attached hydrogen (secondary N) is 2. The van der Waals surface area contributed by atoms with Crippen molar-refractivity contribution in [3.63, 3.8) is 0 Å². The van der Waals surface area contributed by atoms with Crippen LogP contribution >= 0.6 is 11.5 Å². The zero-order valence-electron chi connectivity index (χ0n) is 18.8. The zero-order chi connectivity index (χ0) is 24.2. The number of aromatic carboxylic acids is 1. The van der Waals surface area contributed by atoms with E-state index >= 15 is 0 Å². The molecule has 3 N–H and O–H groups in total. The van der Waals surface area contributed by atoms with Crippen LogP contribution in [0, 0.1) is 6.92 Å². The molecule has 1 heterocycles. The molecule has 1 unspecified atom stereocenters. The van der Waals surface area contributed by atoms with Crippen molar-refractivity contribution >= 4 is 34.5 Å². The lowest BCUT2D eigenvalue weighted by Gasteiger charge is -2.17. The number of anilines is 1. The minimum atomic E-state index is -1.13. The first kappa shape index (κ1) is 23.4. The topological polar surface area (TPSA) is 118 Å². The van der Waals surface area contributed by atoms with Crippen LogP contribution in [0.5, 0.6) is 0 Å². The monoisotopic (exact) mass is 479 g/mol. The van der Waals surface area contributed by atoms with Gasteiger partial charge in [0.15, 0.2) is 0 Å². The summed E-state index contributed by atoms with van der Waals surface area (Å²) >= 11 is 0.934. The van der Waals surface area contributed by atoms with Gasteiger partial charge in [-0.3, -0.25) is 4.79 Å². The number of rotatable bonds is 8. The van der Waals surface area contributed by atoms with Crippen molar-refractivity contribution in [1.29, 1.82) is 0 Å². The van der Waals surface area contributed by atoms with Crippen LogP contribution in [-0.2, 0) is 9.53 Å². The SMILES string of the molecule is Cc1nsc(NC(=O)CCC(C)NC(=O)OCC2c3ccccc3-c3ccccc32)c1C(=O)O. The summed E-state index contributed by atoms with van der Waals surface area (Å²) in [5.41, 5.74) is 4.96. The highest BCUT2D eigenvalue weighted by atomic mass is 32.1. The summed E-state index contributed by atoms with van der Waals surface area (Å²) in [6, 6.07) is 15.9. The van der Waals surface area contributed by atoms with Crippen LogP contribution in [0.2, 0.25) is 0 Å². The van der Waals surface area contributed by atoms with Gasteiger partial charge in [-0.2, -0.15) is 4.37 Å². The molecule has 4 rings (SSSR count). The van der Waals surface area contributed by atoms with Crippen LogP contribution in [0.1, 0.15) is 52.9 Å². The first-order valence-corrected chi connectivity index (χ1v) is 11.7. The van der Waals surface area contributed by atoms with Crippen molar-refractivity contribution in [2.75, 3.05) is 11.9 Å². The second kappa shape index (κ2) is 10.0. The number of carbonyl (C=O) groups is 3.